The summed E-state index contributed by atoms with van der Waals surface area (Å²) in [7, 11) is 0. The Hall–Kier alpha value is -5.71. The molecule has 9 rings (SSSR count). The SMILES string of the molecule is CC.CCC.O=C(NC(C(=O)N1CCC(CN2CCN(CC(=O)N3CCN(C(=O)c4cc(Cc5n[nH]c(=O)c6ccccc56)ccc4F)CC3)CC2)CC1)C1CCCCC1)c1cccc(C2CCCN(C(=O)CCl)C2)c1. The molecule has 5 amide bonds. The van der Waals surface area contributed by atoms with E-state index in [4.69, 9.17) is 11.6 Å². The van der Waals surface area contributed by atoms with E-state index < -0.39 is 17.8 Å². The number of piperazine rings is 2. The molecule has 1 aliphatic carbocycles. The Labute approximate surface area is 453 Å². The van der Waals surface area contributed by atoms with Crippen molar-refractivity contribution in [2.75, 3.05) is 97.5 Å². The predicted molar refractivity (Wildman–Crippen MR) is 297 cm³/mol. The number of aromatic amines is 1. The highest BCUT2D eigenvalue weighted by Crippen LogP contribution is 2.31. The van der Waals surface area contributed by atoms with Crippen molar-refractivity contribution >= 4 is 51.9 Å². The first kappa shape index (κ1) is 58.0. The number of likely N-dealkylation sites (tertiary alicyclic amines) is 2. The number of carbonyl (C=O) groups excluding carboxylic acids is 5. The van der Waals surface area contributed by atoms with Gasteiger partial charge in [-0.3, -0.25) is 33.7 Å². The molecule has 76 heavy (non-hydrogen) atoms. The third kappa shape index (κ3) is 15.1. The van der Waals surface area contributed by atoms with Crippen LogP contribution >= 0.6 is 11.6 Å². The fraction of sp³-hybridized carbons (Fsp3) is 0.576. The summed E-state index contributed by atoms with van der Waals surface area (Å²) in [6, 6.07) is 18.7. The zero-order chi connectivity index (χ0) is 54.1. The van der Waals surface area contributed by atoms with Gasteiger partial charge in [0.25, 0.3) is 17.4 Å². The van der Waals surface area contributed by atoms with Crippen LogP contribution in [0.25, 0.3) is 10.8 Å². The van der Waals surface area contributed by atoms with Gasteiger partial charge in [-0.25, -0.2) is 9.49 Å². The minimum Gasteiger partial charge on any atom is -0.341 e. The van der Waals surface area contributed by atoms with E-state index >= 15 is 4.39 Å². The van der Waals surface area contributed by atoms with Gasteiger partial charge in [-0.2, -0.15) is 5.10 Å². The van der Waals surface area contributed by atoms with Crippen molar-refractivity contribution in [2.24, 2.45) is 11.8 Å². The Morgan fingerprint density at radius 3 is 2.08 bits per heavy atom. The second-order valence-corrected chi connectivity index (χ2v) is 21.3. The van der Waals surface area contributed by atoms with Gasteiger partial charge in [-0.1, -0.05) is 89.8 Å². The third-order valence-corrected chi connectivity index (χ3v) is 16.0. The number of nitrogens with one attached hydrogen (secondary N) is 2. The molecule has 1 saturated carbocycles. The summed E-state index contributed by atoms with van der Waals surface area (Å²) in [5.41, 5.74) is 2.57. The van der Waals surface area contributed by atoms with Gasteiger partial charge in [0.15, 0.2) is 0 Å². The number of carbonyl (C=O) groups is 5. The number of nitrogens with zero attached hydrogens (tertiary/aromatic N) is 7. The summed E-state index contributed by atoms with van der Waals surface area (Å²) < 4.78 is 15.1. The molecule has 0 spiro atoms. The maximum absolute atomic E-state index is 15.1. The number of piperidine rings is 2. The van der Waals surface area contributed by atoms with Crippen LogP contribution in [0.1, 0.15) is 135 Å². The summed E-state index contributed by atoms with van der Waals surface area (Å²) in [4.78, 5) is 91.8. The third-order valence-electron chi connectivity index (χ3n) is 15.8. The molecule has 17 heteroatoms. The number of alkyl halides is 1. The molecule has 1 aromatic heterocycles. The van der Waals surface area contributed by atoms with Crippen LogP contribution in [0.2, 0.25) is 0 Å². The number of aromatic nitrogens is 2. The lowest BCUT2D eigenvalue weighted by Crippen LogP contribution is -2.55. The van der Waals surface area contributed by atoms with Crippen LogP contribution in [0, 0.1) is 17.7 Å². The van der Waals surface area contributed by atoms with Crippen molar-refractivity contribution in [3.05, 3.63) is 111 Å². The monoisotopic (exact) mass is 1070 g/mol. The number of hydrogen-bond donors (Lipinski definition) is 2. The van der Waals surface area contributed by atoms with Crippen molar-refractivity contribution in [3.63, 3.8) is 0 Å². The van der Waals surface area contributed by atoms with E-state index in [1.807, 2.05) is 60.0 Å². The molecule has 2 N–H and O–H groups in total. The molecule has 2 unspecified atom stereocenters. The fourth-order valence-electron chi connectivity index (χ4n) is 11.6. The number of hydrogen-bond acceptors (Lipinski definition) is 9. The molecule has 3 aromatic carbocycles. The van der Waals surface area contributed by atoms with E-state index in [9.17, 15) is 28.8 Å². The van der Waals surface area contributed by atoms with Gasteiger partial charge in [0.05, 0.1) is 23.2 Å². The quantitative estimate of drug-likeness (QED) is 0.129. The number of amides is 5. The fourth-order valence-corrected chi connectivity index (χ4v) is 11.7. The highest BCUT2D eigenvalue weighted by Gasteiger charge is 2.37. The van der Waals surface area contributed by atoms with Gasteiger partial charge in [-0.05, 0) is 91.8 Å². The Morgan fingerprint density at radius 1 is 0.711 bits per heavy atom. The molecule has 2 atom stereocenters. The highest BCUT2D eigenvalue weighted by molar-refractivity contribution is 6.27. The summed E-state index contributed by atoms with van der Waals surface area (Å²) >= 11 is 5.86. The van der Waals surface area contributed by atoms with Gasteiger partial charge in [0.2, 0.25) is 17.7 Å². The number of rotatable bonds is 13. The molecule has 412 valence electrons. The summed E-state index contributed by atoms with van der Waals surface area (Å²) in [6.45, 7) is 16.8. The second kappa shape index (κ2) is 28.6. The van der Waals surface area contributed by atoms with E-state index in [1.165, 1.54) is 12.5 Å². The van der Waals surface area contributed by atoms with Crippen LogP contribution in [0.4, 0.5) is 4.39 Å². The summed E-state index contributed by atoms with van der Waals surface area (Å²) in [5.74, 6) is -0.605. The first-order valence-electron chi connectivity index (χ1n) is 28.2. The molecule has 5 aliphatic rings. The van der Waals surface area contributed by atoms with E-state index in [-0.39, 0.29) is 52.5 Å². The molecule has 4 aromatic rings. The van der Waals surface area contributed by atoms with Crippen LogP contribution in [-0.4, -0.2) is 173 Å². The first-order chi connectivity index (χ1) is 36.9. The lowest BCUT2D eigenvalue weighted by molar-refractivity contribution is -0.137. The maximum atomic E-state index is 15.1. The Kier molecular flexibility index (Phi) is 21.8. The Morgan fingerprint density at radius 2 is 1.38 bits per heavy atom. The second-order valence-electron chi connectivity index (χ2n) is 21.0. The highest BCUT2D eigenvalue weighted by atomic mass is 35.5. The molecule has 0 radical (unpaired) electrons. The van der Waals surface area contributed by atoms with Crippen LogP contribution in [-0.2, 0) is 20.8 Å². The van der Waals surface area contributed by atoms with Crippen molar-refractivity contribution in [2.45, 2.75) is 110 Å². The largest absolute Gasteiger partial charge is 0.341 e. The van der Waals surface area contributed by atoms with Crippen molar-refractivity contribution in [1.82, 2.24) is 44.9 Å². The Bertz CT molecular complexity index is 2640. The first-order valence-corrected chi connectivity index (χ1v) is 28.8. The van der Waals surface area contributed by atoms with Crippen molar-refractivity contribution < 1.29 is 28.4 Å². The lowest BCUT2D eigenvalue weighted by atomic mass is 9.82. The van der Waals surface area contributed by atoms with Gasteiger partial charge < -0.3 is 29.8 Å². The lowest BCUT2D eigenvalue weighted by Gasteiger charge is -2.41. The molecule has 15 nitrogen and oxygen atoms in total. The number of halogens is 2. The van der Waals surface area contributed by atoms with Crippen LogP contribution < -0.4 is 10.9 Å². The molecule has 5 fully saturated rings. The number of H-pyrrole nitrogens is 1. The molecular weight excluding hydrogens is 985 g/mol. The van der Waals surface area contributed by atoms with Gasteiger partial charge in [-0.15, -0.1) is 11.6 Å². The Balaban J connectivity index is 0.00000162. The average molecular weight is 1070 g/mol. The summed E-state index contributed by atoms with van der Waals surface area (Å²) in [6.07, 6.45) is 10.3. The van der Waals surface area contributed by atoms with E-state index in [0.29, 0.717) is 98.8 Å². The summed E-state index contributed by atoms with van der Waals surface area (Å²) in [5, 5.41) is 11.2. The zero-order valence-corrected chi connectivity index (χ0v) is 46.1. The molecule has 0 bridgehead atoms. The molecular formula is C59H81ClFN9O6. The number of benzene rings is 3. The maximum Gasteiger partial charge on any atom is 0.272 e. The minimum absolute atomic E-state index is 0.0251. The zero-order valence-electron chi connectivity index (χ0n) is 45.4. The predicted octanol–water partition coefficient (Wildman–Crippen LogP) is 7.56. The van der Waals surface area contributed by atoms with Gasteiger partial charge >= 0.3 is 0 Å². The minimum atomic E-state index is -0.608. The van der Waals surface area contributed by atoms with Gasteiger partial charge in [0, 0.05) is 108 Å². The number of fused-ring (bicyclic) bond motifs is 1. The topological polar surface area (TPSA) is 163 Å². The van der Waals surface area contributed by atoms with Crippen LogP contribution in [0.5, 0.6) is 0 Å². The normalized spacial score (nSPS) is 19.5. The molecule has 4 aliphatic heterocycles. The van der Waals surface area contributed by atoms with E-state index in [0.717, 1.165) is 96.1 Å². The van der Waals surface area contributed by atoms with Crippen LogP contribution in [0.15, 0.2) is 71.5 Å². The molecule has 4 saturated heterocycles. The van der Waals surface area contributed by atoms with Crippen molar-refractivity contribution in [1.29, 1.82) is 0 Å². The van der Waals surface area contributed by atoms with E-state index in [2.05, 4.69) is 39.2 Å². The smallest absolute Gasteiger partial charge is 0.272 e. The van der Waals surface area contributed by atoms with Crippen molar-refractivity contribution in [3.8, 4) is 0 Å². The van der Waals surface area contributed by atoms with E-state index in [1.54, 1.807) is 34.1 Å². The van der Waals surface area contributed by atoms with Gasteiger partial charge in [0.1, 0.15) is 17.7 Å². The average Bonchev–Trinajstić information content (AvgIpc) is 3.48. The van der Waals surface area contributed by atoms with Crippen LogP contribution in [0.3, 0.4) is 0 Å². The molecule has 5 heterocycles. The standard InChI is InChI=1S/C54H67ClFN9O6.C3H8.C2H6/c55-33-48(66)65-19-7-12-42(35-65)40-10-6-11-41(32-40)51(68)57-50(39-8-2-1-3-9-39)54(71)63-20-17-37(18-21-63)34-60-22-24-61(25-23-60)36-49(67)62-26-28-64(29-27-62)53(70)45-30-38(15-16-46(45)56)31-47-43-13-4-5-14-44(43)52(69)59-58-47;1-3-2;1-2/h4-6,10-11,13-16,30,32,37,39,42,50H,1-3,7-9,12,17-29,31,33-36H2,(H,57,68)(H,59,69);3H2,1-2H3;1-2H3.